The molecule has 0 aliphatic carbocycles. The molecule has 0 unspecified atom stereocenters. The van der Waals surface area contributed by atoms with Crippen molar-refractivity contribution in [1.82, 2.24) is 5.32 Å². The molecule has 0 saturated heterocycles. The van der Waals surface area contributed by atoms with Crippen LogP contribution in [0.15, 0.2) is 48.2 Å². The lowest BCUT2D eigenvalue weighted by Gasteiger charge is -2.19. The number of carboxylic acid groups (broad SMARTS) is 1. The van der Waals surface area contributed by atoms with E-state index in [2.05, 4.69) is 19.2 Å². The largest absolute Gasteiger partial charge is 0.493 e. The highest BCUT2D eigenvalue weighted by atomic mass is 16.5. The number of methoxy groups -OCH3 is 1. The quantitative estimate of drug-likeness (QED) is 0.249. The second-order valence-corrected chi connectivity index (χ2v) is 7.67. The molecule has 0 atom stereocenters. The second kappa shape index (κ2) is 13.2. The molecule has 0 fully saturated rings. The molecule has 0 aliphatic heterocycles. The molecule has 0 bridgehead atoms. The number of unbranched alkanes of at least 4 members (excludes halogenated alkanes) is 2. The third-order valence-corrected chi connectivity index (χ3v) is 5.15. The fourth-order valence-corrected chi connectivity index (χ4v) is 3.16. The number of carbonyl (C=O) groups is 2. The normalized spacial score (nSPS) is 11.1. The number of benzene rings is 2. The van der Waals surface area contributed by atoms with Gasteiger partial charge in [0.25, 0.3) is 0 Å². The molecule has 2 N–H and O–H groups in total. The minimum atomic E-state index is -1.14. The van der Waals surface area contributed by atoms with Crippen molar-refractivity contribution in [2.45, 2.75) is 39.5 Å². The van der Waals surface area contributed by atoms with Crippen LogP contribution in [0.4, 0.5) is 10.5 Å². The number of aliphatic carboxylic acids is 1. The predicted octanol–water partition coefficient (Wildman–Crippen LogP) is 5.55. The summed E-state index contributed by atoms with van der Waals surface area (Å²) in [5.74, 6) is -0.645. The molecule has 2 amide bonds. The molecule has 0 aliphatic rings. The molecule has 0 spiro atoms. The molecule has 33 heavy (non-hydrogen) atoms. The van der Waals surface area contributed by atoms with E-state index in [0.29, 0.717) is 24.5 Å². The topological polar surface area (TPSA) is 88.1 Å². The standard InChI is InChI=1S/C26H34N2O5/c1-5-7-14-27-26(31)28(3)21-11-9-10-20(18-21)22-13-12-19(17-24(32-4)25(29)30)16-23(22)33-15-8-6-2/h9-13,16-18H,5-8,14-15H2,1-4H3,(H,27,31)(H,29,30)/b24-17+. The van der Waals surface area contributed by atoms with Gasteiger partial charge in [0.2, 0.25) is 5.76 Å². The van der Waals surface area contributed by atoms with Gasteiger partial charge in [0.15, 0.2) is 0 Å². The smallest absolute Gasteiger partial charge is 0.371 e. The number of carboxylic acids is 1. The van der Waals surface area contributed by atoms with Gasteiger partial charge >= 0.3 is 12.0 Å². The number of carbonyl (C=O) groups excluding carboxylic acids is 1. The second-order valence-electron chi connectivity index (χ2n) is 7.67. The lowest BCUT2D eigenvalue weighted by Crippen LogP contribution is -2.37. The highest BCUT2D eigenvalue weighted by Crippen LogP contribution is 2.34. The monoisotopic (exact) mass is 454 g/mol. The third-order valence-electron chi connectivity index (χ3n) is 5.15. The number of nitrogens with one attached hydrogen (secondary N) is 1. The predicted molar refractivity (Wildman–Crippen MR) is 132 cm³/mol. The number of ether oxygens (including phenoxy) is 2. The Hall–Kier alpha value is -3.48. The van der Waals surface area contributed by atoms with Crippen LogP contribution in [-0.2, 0) is 9.53 Å². The Kier molecular flexibility index (Phi) is 10.3. The van der Waals surface area contributed by atoms with Gasteiger partial charge in [0, 0.05) is 24.8 Å². The molecule has 2 aromatic carbocycles. The molecule has 7 nitrogen and oxygen atoms in total. The van der Waals surface area contributed by atoms with Crippen molar-refractivity contribution in [3.63, 3.8) is 0 Å². The fourth-order valence-electron chi connectivity index (χ4n) is 3.16. The molecular formula is C26H34N2O5. The minimum Gasteiger partial charge on any atom is -0.493 e. The summed E-state index contributed by atoms with van der Waals surface area (Å²) in [5.41, 5.74) is 3.18. The summed E-state index contributed by atoms with van der Waals surface area (Å²) >= 11 is 0. The summed E-state index contributed by atoms with van der Waals surface area (Å²) in [6.07, 6.45) is 5.31. The Bertz CT molecular complexity index is 971. The van der Waals surface area contributed by atoms with Crippen molar-refractivity contribution in [3.05, 3.63) is 53.8 Å². The van der Waals surface area contributed by atoms with E-state index in [9.17, 15) is 14.7 Å². The van der Waals surface area contributed by atoms with Crippen molar-refractivity contribution >= 4 is 23.8 Å². The molecular weight excluding hydrogens is 420 g/mol. The van der Waals surface area contributed by atoms with Crippen LogP contribution in [0.1, 0.15) is 45.1 Å². The van der Waals surface area contributed by atoms with Crippen molar-refractivity contribution in [1.29, 1.82) is 0 Å². The Balaban J connectivity index is 2.38. The lowest BCUT2D eigenvalue weighted by molar-refractivity contribution is -0.135. The van der Waals surface area contributed by atoms with Crippen LogP contribution in [-0.4, -0.2) is 44.4 Å². The van der Waals surface area contributed by atoms with Gasteiger partial charge in [0.1, 0.15) is 5.75 Å². The van der Waals surface area contributed by atoms with Crippen LogP contribution in [0.2, 0.25) is 0 Å². The maximum Gasteiger partial charge on any atom is 0.371 e. The van der Waals surface area contributed by atoms with Gasteiger partial charge in [-0.25, -0.2) is 9.59 Å². The van der Waals surface area contributed by atoms with Gasteiger partial charge in [-0.15, -0.1) is 0 Å². The molecule has 0 saturated carbocycles. The number of hydrogen-bond acceptors (Lipinski definition) is 4. The summed E-state index contributed by atoms with van der Waals surface area (Å²) in [7, 11) is 3.07. The summed E-state index contributed by atoms with van der Waals surface area (Å²) in [4.78, 5) is 25.3. The zero-order valence-electron chi connectivity index (χ0n) is 19.9. The van der Waals surface area contributed by atoms with E-state index < -0.39 is 5.97 Å². The highest BCUT2D eigenvalue weighted by Gasteiger charge is 2.14. The number of nitrogens with zero attached hydrogens (tertiary/aromatic N) is 1. The summed E-state index contributed by atoms with van der Waals surface area (Å²) in [6, 6.07) is 13.0. The molecule has 2 rings (SSSR count). The number of rotatable bonds is 12. The Morgan fingerprint density at radius 3 is 2.52 bits per heavy atom. The zero-order chi connectivity index (χ0) is 24.2. The first-order valence-corrected chi connectivity index (χ1v) is 11.3. The van der Waals surface area contributed by atoms with Crippen LogP contribution in [0, 0.1) is 0 Å². The van der Waals surface area contributed by atoms with E-state index >= 15 is 0 Å². The average Bonchev–Trinajstić information content (AvgIpc) is 2.82. The Labute approximate surface area is 196 Å². The van der Waals surface area contributed by atoms with E-state index in [4.69, 9.17) is 9.47 Å². The minimum absolute atomic E-state index is 0.152. The van der Waals surface area contributed by atoms with Gasteiger partial charge in [-0.3, -0.25) is 4.90 Å². The highest BCUT2D eigenvalue weighted by molar-refractivity contribution is 5.92. The van der Waals surface area contributed by atoms with Gasteiger partial charge in [-0.1, -0.05) is 51.0 Å². The van der Waals surface area contributed by atoms with Gasteiger partial charge in [0.05, 0.1) is 13.7 Å². The Morgan fingerprint density at radius 1 is 1.09 bits per heavy atom. The van der Waals surface area contributed by atoms with E-state index in [-0.39, 0.29) is 11.8 Å². The maximum absolute atomic E-state index is 12.5. The van der Waals surface area contributed by atoms with E-state index in [1.165, 1.54) is 13.2 Å². The maximum atomic E-state index is 12.5. The van der Waals surface area contributed by atoms with Crippen LogP contribution in [0.3, 0.4) is 0 Å². The van der Waals surface area contributed by atoms with Crippen LogP contribution in [0.5, 0.6) is 5.75 Å². The molecule has 0 radical (unpaired) electrons. The van der Waals surface area contributed by atoms with E-state index in [1.54, 1.807) is 18.0 Å². The van der Waals surface area contributed by atoms with Crippen LogP contribution in [0.25, 0.3) is 17.2 Å². The van der Waals surface area contributed by atoms with Crippen molar-refractivity contribution in [3.8, 4) is 16.9 Å². The van der Waals surface area contributed by atoms with E-state index in [0.717, 1.165) is 42.5 Å². The average molecular weight is 455 g/mol. The molecule has 178 valence electrons. The lowest BCUT2D eigenvalue weighted by atomic mass is 10.0. The summed E-state index contributed by atoms with van der Waals surface area (Å²) < 4.78 is 11.0. The number of anilines is 1. The van der Waals surface area contributed by atoms with Gasteiger partial charge in [-0.05, 0) is 48.2 Å². The summed E-state index contributed by atoms with van der Waals surface area (Å²) in [5, 5.41) is 12.2. The van der Waals surface area contributed by atoms with E-state index in [1.807, 2.05) is 36.4 Å². The molecule has 2 aromatic rings. The Morgan fingerprint density at radius 2 is 1.85 bits per heavy atom. The van der Waals surface area contributed by atoms with Crippen LogP contribution >= 0.6 is 0 Å². The molecule has 7 heteroatoms. The number of amides is 2. The zero-order valence-corrected chi connectivity index (χ0v) is 19.9. The first-order chi connectivity index (χ1) is 15.9. The van der Waals surface area contributed by atoms with Crippen molar-refractivity contribution in [2.75, 3.05) is 32.2 Å². The van der Waals surface area contributed by atoms with Crippen LogP contribution < -0.4 is 15.0 Å². The third kappa shape index (κ3) is 7.56. The fraction of sp³-hybridized carbons (Fsp3) is 0.385. The number of urea groups is 1. The van der Waals surface area contributed by atoms with Gasteiger partial charge in [-0.2, -0.15) is 0 Å². The molecule has 0 aromatic heterocycles. The van der Waals surface area contributed by atoms with Crippen molar-refractivity contribution < 1.29 is 24.2 Å². The number of hydrogen-bond donors (Lipinski definition) is 2. The first-order valence-electron chi connectivity index (χ1n) is 11.3. The van der Waals surface area contributed by atoms with Gasteiger partial charge < -0.3 is 19.9 Å². The van der Waals surface area contributed by atoms with Crippen molar-refractivity contribution in [2.24, 2.45) is 0 Å². The molecule has 0 heterocycles. The summed E-state index contributed by atoms with van der Waals surface area (Å²) in [6.45, 7) is 5.36. The first kappa shape index (κ1) is 25.8. The SMILES string of the molecule is CCCCNC(=O)N(C)c1cccc(-c2ccc(/C=C(/OC)C(=O)O)cc2OCCCC)c1.